The van der Waals surface area contributed by atoms with Gasteiger partial charge in [0.05, 0.1) is 0 Å². The first kappa shape index (κ1) is 16.7. The molecular formula is C22H25N3O. The van der Waals surface area contributed by atoms with E-state index in [2.05, 4.69) is 71.2 Å². The Balaban J connectivity index is 1.31. The second kappa shape index (κ2) is 7.24. The number of hydrogen-bond donors (Lipinski definition) is 0. The predicted molar refractivity (Wildman–Crippen MR) is 106 cm³/mol. The minimum absolute atomic E-state index is 0.269. The molecule has 2 heterocycles. The van der Waals surface area contributed by atoms with Crippen LogP contribution in [0.4, 0.5) is 5.69 Å². The van der Waals surface area contributed by atoms with Crippen molar-refractivity contribution < 1.29 is 4.79 Å². The molecular weight excluding hydrogens is 322 g/mol. The fourth-order valence-electron chi connectivity index (χ4n) is 3.75. The average molecular weight is 347 g/mol. The minimum atomic E-state index is 0.269. The molecule has 4 nitrogen and oxygen atoms in total. The SMILES string of the molecule is Cn1ccc2cc(CCC(=O)N3CCN(c4ccccc4)CC3)ccc21. The third kappa shape index (κ3) is 3.45. The Labute approximate surface area is 154 Å². The van der Waals surface area contributed by atoms with Crippen LogP contribution in [0.5, 0.6) is 0 Å². The lowest BCUT2D eigenvalue weighted by Crippen LogP contribution is -2.48. The summed E-state index contributed by atoms with van der Waals surface area (Å²) in [5.74, 6) is 0.269. The zero-order valence-corrected chi connectivity index (χ0v) is 15.3. The van der Waals surface area contributed by atoms with Gasteiger partial charge >= 0.3 is 0 Å². The molecule has 1 aliphatic rings. The molecule has 2 aromatic carbocycles. The lowest BCUT2D eigenvalue weighted by Gasteiger charge is -2.36. The standard InChI is InChI=1S/C22H25N3O/c1-23-12-11-19-17-18(7-9-21(19)23)8-10-22(26)25-15-13-24(14-16-25)20-5-3-2-4-6-20/h2-7,9,11-12,17H,8,10,13-16H2,1H3. The van der Waals surface area contributed by atoms with E-state index in [0.29, 0.717) is 6.42 Å². The van der Waals surface area contributed by atoms with Gasteiger partial charge in [-0.3, -0.25) is 4.79 Å². The molecule has 1 saturated heterocycles. The molecule has 0 unspecified atom stereocenters. The maximum atomic E-state index is 12.6. The van der Waals surface area contributed by atoms with Crippen LogP contribution in [-0.4, -0.2) is 41.6 Å². The van der Waals surface area contributed by atoms with E-state index in [1.165, 1.54) is 22.2 Å². The van der Waals surface area contributed by atoms with E-state index in [4.69, 9.17) is 0 Å². The molecule has 4 rings (SSSR count). The monoisotopic (exact) mass is 347 g/mol. The molecule has 0 radical (unpaired) electrons. The van der Waals surface area contributed by atoms with Gasteiger partial charge in [-0.1, -0.05) is 24.3 Å². The molecule has 1 aliphatic heterocycles. The lowest BCUT2D eigenvalue weighted by atomic mass is 10.1. The molecule has 0 spiro atoms. The Morgan fingerprint density at radius 2 is 1.73 bits per heavy atom. The number of piperazine rings is 1. The number of hydrogen-bond acceptors (Lipinski definition) is 2. The number of aryl methyl sites for hydroxylation is 2. The van der Waals surface area contributed by atoms with Gasteiger partial charge in [0, 0.05) is 57.0 Å². The summed E-state index contributed by atoms with van der Waals surface area (Å²) in [5.41, 5.74) is 3.72. The van der Waals surface area contributed by atoms with Crippen molar-refractivity contribution in [1.29, 1.82) is 0 Å². The Hall–Kier alpha value is -2.75. The summed E-state index contributed by atoms with van der Waals surface area (Å²) in [6.07, 6.45) is 3.47. The Morgan fingerprint density at radius 3 is 2.50 bits per heavy atom. The van der Waals surface area contributed by atoms with Crippen molar-refractivity contribution >= 4 is 22.5 Å². The third-order valence-electron chi connectivity index (χ3n) is 5.33. The number of fused-ring (bicyclic) bond motifs is 1. The van der Waals surface area contributed by atoms with Crippen LogP contribution in [0.15, 0.2) is 60.8 Å². The summed E-state index contributed by atoms with van der Waals surface area (Å²) in [6, 6.07) is 19.1. The van der Waals surface area contributed by atoms with Gasteiger partial charge in [-0.05, 0) is 47.7 Å². The highest BCUT2D eigenvalue weighted by molar-refractivity contribution is 5.81. The van der Waals surface area contributed by atoms with Gasteiger partial charge in [-0.15, -0.1) is 0 Å². The first-order valence-electron chi connectivity index (χ1n) is 9.32. The molecule has 134 valence electrons. The Kier molecular flexibility index (Phi) is 4.65. The number of aromatic nitrogens is 1. The molecule has 1 amide bonds. The number of anilines is 1. The summed E-state index contributed by atoms with van der Waals surface area (Å²) in [5, 5.41) is 1.24. The van der Waals surface area contributed by atoms with Crippen LogP contribution in [0.2, 0.25) is 0 Å². The topological polar surface area (TPSA) is 28.5 Å². The fourth-order valence-corrected chi connectivity index (χ4v) is 3.75. The molecule has 0 atom stereocenters. The number of carbonyl (C=O) groups excluding carboxylic acids is 1. The number of para-hydroxylation sites is 1. The van der Waals surface area contributed by atoms with Crippen molar-refractivity contribution in [2.45, 2.75) is 12.8 Å². The summed E-state index contributed by atoms with van der Waals surface area (Å²) < 4.78 is 2.12. The second-order valence-electron chi connectivity index (χ2n) is 7.02. The molecule has 0 N–H and O–H groups in total. The van der Waals surface area contributed by atoms with Gasteiger partial charge in [0.1, 0.15) is 0 Å². The maximum absolute atomic E-state index is 12.6. The van der Waals surface area contributed by atoms with E-state index in [1.54, 1.807) is 0 Å². The first-order valence-corrected chi connectivity index (χ1v) is 9.32. The van der Waals surface area contributed by atoms with Gasteiger partial charge in [-0.2, -0.15) is 0 Å². The molecule has 26 heavy (non-hydrogen) atoms. The van der Waals surface area contributed by atoms with Crippen LogP contribution in [0.1, 0.15) is 12.0 Å². The van der Waals surface area contributed by atoms with Crippen LogP contribution in [0, 0.1) is 0 Å². The summed E-state index contributed by atoms with van der Waals surface area (Å²) >= 11 is 0. The van der Waals surface area contributed by atoms with Crippen molar-refractivity contribution in [1.82, 2.24) is 9.47 Å². The number of carbonyl (C=O) groups is 1. The van der Waals surface area contributed by atoms with E-state index in [-0.39, 0.29) is 5.91 Å². The average Bonchev–Trinajstić information content (AvgIpc) is 3.07. The van der Waals surface area contributed by atoms with Gasteiger partial charge < -0.3 is 14.4 Å². The smallest absolute Gasteiger partial charge is 0.223 e. The number of benzene rings is 2. The summed E-state index contributed by atoms with van der Waals surface area (Å²) in [7, 11) is 2.06. The van der Waals surface area contributed by atoms with Crippen LogP contribution in [0.25, 0.3) is 10.9 Å². The van der Waals surface area contributed by atoms with Gasteiger partial charge in [0.2, 0.25) is 5.91 Å². The van der Waals surface area contributed by atoms with Gasteiger partial charge in [0.15, 0.2) is 0 Å². The van der Waals surface area contributed by atoms with Crippen molar-refractivity contribution in [2.75, 3.05) is 31.1 Å². The lowest BCUT2D eigenvalue weighted by molar-refractivity contribution is -0.131. The van der Waals surface area contributed by atoms with Crippen molar-refractivity contribution in [3.8, 4) is 0 Å². The van der Waals surface area contributed by atoms with Crippen LogP contribution >= 0.6 is 0 Å². The number of amides is 1. The molecule has 1 aromatic heterocycles. The van der Waals surface area contributed by atoms with E-state index in [0.717, 1.165) is 32.6 Å². The third-order valence-corrected chi connectivity index (χ3v) is 5.33. The summed E-state index contributed by atoms with van der Waals surface area (Å²) in [6.45, 7) is 3.44. The zero-order chi connectivity index (χ0) is 17.9. The van der Waals surface area contributed by atoms with Crippen molar-refractivity contribution in [3.05, 3.63) is 66.4 Å². The Morgan fingerprint density at radius 1 is 0.962 bits per heavy atom. The minimum Gasteiger partial charge on any atom is -0.368 e. The van der Waals surface area contributed by atoms with Gasteiger partial charge in [-0.25, -0.2) is 0 Å². The first-order chi connectivity index (χ1) is 12.7. The van der Waals surface area contributed by atoms with Crippen LogP contribution < -0.4 is 4.90 Å². The molecule has 0 bridgehead atoms. The van der Waals surface area contributed by atoms with E-state index >= 15 is 0 Å². The second-order valence-corrected chi connectivity index (χ2v) is 7.02. The molecule has 1 fully saturated rings. The van der Waals surface area contributed by atoms with Crippen molar-refractivity contribution in [3.63, 3.8) is 0 Å². The highest BCUT2D eigenvalue weighted by atomic mass is 16.2. The quantitative estimate of drug-likeness (QED) is 0.723. The van der Waals surface area contributed by atoms with E-state index in [9.17, 15) is 4.79 Å². The maximum Gasteiger partial charge on any atom is 0.223 e. The largest absolute Gasteiger partial charge is 0.368 e. The molecule has 0 saturated carbocycles. The highest BCUT2D eigenvalue weighted by Gasteiger charge is 2.20. The zero-order valence-electron chi connectivity index (χ0n) is 15.3. The number of nitrogens with zero attached hydrogens (tertiary/aromatic N) is 3. The number of rotatable bonds is 4. The summed E-state index contributed by atoms with van der Waals surface area (Å²) in [4.78, 5) is 17.0. The molecule has 0 aliphatic carbocycles. The van der Waals surface area contributed by atoms with E-state index < -0.39 is 0 Å². The molecule has 4 heteroatoms. The highest BCUT2D eigenvalue weighted by Crippen LogP contribution is 2.19. The normalized spacial score (nSPS) is 14.8. The van der Waals surface area contributed by atoms with Gasteiger partial charge in [0.25, 0.3) is 0 Å². The van der Waals surface area contributed by atoms with E-state index in [1.807, 2.05) is 11.0 Å². The van der Waals surface area contributed by atoms with Crippen molar-refractivity contribution in [2.24, 2.45) is 7.05 Å². The van der Waals surface area contributed by atoms with Crippen LogP contribution in [-0.2, 0) is 18.3 Å². The van der Waals surface area contributed by atoms with Crippen LogP contribution in [0.3, 0.4) is 0 Å². The predicted octanol–water partition coefficient (Wildman–Crippen LogP) is 3.46. The fraction of sp³-hybridized carbons (Fsp3) is 0.318. The molecule has 3 aromatic rings. The Bertz CT molecular complexity index is 892.